The van der Waals surface area contributed by atoms with E-state index in [2.05, 4.69) is 15.6 Å². The summed E-state index contributed by atoms with van der Waals surface area (Å²) in [5, 5.41) is 14.4. The number of ether oxygens (including phenoxy) is 3. The van der Waals surface area contributed by atoms with Crippen LogP contribution in [-0.4, -0.2) is 96.4 Å². The van der Waals surface area contributed by atoms with Crippen molar-refractivity contribution in [3.05, 3.63) is 41.0 Å². The summed E-state index contributed by atoms with van der Waals surface area (Å²) in [5.74, 6) is -1.83. The summed E-state index contributed by atoms with van der Waals surface area (Å²) < 4.78 is 15.8. The van der Waals surface area contributed by atoms with Gasteiger partial charge in [0.05, 0.1) is 49.1 Å². The molecule has 1 aliphatic heterocycles. The minimum absolute atomic E-state index is 0.0283. The molecule has 0 spiro atoms. The molecule has 2 aromatic rings. The number of carbonyl (C=O) groups is 4. The average Bonchev–Trinajstić information content (AvgIpc) is 3.57. The third-order valence-electron chi connectivity index (χ3n) is 6.87. The van der Waals surface area contributed by atoms with Gasteiger partial charge in [-0.15, -0.1) is 11.3 Å². The number of nitrogens with one attached hydrogen (secondary N) is 2. The van der Waals surface area contributed by atoms with Gasteiger partial charge < -0.3 is 34.9 Å². The highest BCUT2D eigenvalue weighted by molar-refractivity contribution is 7.13. The van der Waals surface area contributed by atoms with E-state index in [9.17, 15) is 19.2 Å². The summed E-state index contributed by atoms with van der Waals surface area (Å²) in [7, 11) is 0. The number of nitrogens with zero attached hydrogens (tertiary/aromatic N) is 2. The molecule has 1 unspecified atom stereocenters. The first-order chi connectivity index (χ1) is 20.4. The lowest BCUT2D eigenvalue weighted by Gasteiger charge is -2.35. The second kappa shape index (κ2) is 15.9. The van der Waals surface area contributed by atoms with Crippen molar-refractivity contribution in [2.45, 2.75) is 65.8 Å². The summed E-state index contributed by atoms with van der Waals surface area (Å²) in [6.07, 6.45) is -0.514. The molecule has 0 radical (unpaired) electrons. The van der Waals surface area contributed by atoms with E-state index in [1.807, 2.05) is 52.0 Å². The maximum absolute atomic E-state index is 13.9. The first-order valence-corrected chi connectivity index (χ1v) is 15.1. The molecular formula is C30H42N4O8S. The molecule has 43 heavy (non-hydrogen) atoms. The monoisotopic (exact) mass is 618 g/mol. The number of thiazole rings is 1. The molecule has 236 valence electrons. The fourth-order valence-electron chi connectivity index (χ4n) is 4.74. The number of benzene rings is 1. The van der Waals surface area contributed by atoms with Gasteiger partial charge in [0.15, 0.2) is 0 Å². The van der Waals surface area contributed by atoms with Crippen molar-refractivity contribution in [2.75, 3.05) is 39.6 Å². The smallest absolute Gasteiger partial charge is 0.302 e. The van der Waals surface area contributed by atoms with Crippen molar-refractivity contribution in [1.82, 2.24) is 20.5 Å². The fourth-order valence-corrected chi connectivity index (χ4v) is 5.55. The molecule has 1 fully saturated rings. The zero-order chi connectivity index (χ0) is 31.6. The van der Waals surface area contributed by atoms with Crippen LogP contribution in [0.2, 0.25) is 0 Å². The highest BCUT2D eigenvalue weighted by Gasteiger charge is 2.45. The summed E-state index contributed by atoms with van der Waals surface area (Å²) in [6.45, 7) is 9.09. The van der Waals surface area contributed by atoms with Gasteiger partial charge in [-0.3, -0.25) is 19.2 Å². The number of amides is 3. The molecule has 3 N–H and O–H groups in total. The third-order valence-corrected chi connectivity index (χ3v) is 7.85. The summed E-state index contributed by atoms with van der Waals surface area (Å²) in [5.41, 5.74) is 3.99. The van der Waals surface area contributed by atoms with Crippen LogP contribution in [0.3, 0.4) is 0 Å². The van der Waals surface area contributed by atoms with Crippen LogP contribution in [-0.2, 0) is 39.9 Å². The van der Waals surface area contributed by atoms with Gasteiger partial charge >= 0.3 is 5.97 Å². The Kier molecular flexibility index (Phi) is 12.6. The van der Waals surface area contributed by atoms with Crippen molar-refractivity contribution < 1.29 is 38.5 Å². The lowest BCUT2D eigenvalue weighted by Crippen LogP contribution is -2.58. The van der Waals surface area contributed by atoms with Gasteiger partial charge in [-0.1, -0.05) is 45.0 Å². The minimum Gasteiger partial charge on any atom is -0.461 e. The Bertz CT molecular complexity index is 1240. The van der Waals surface area contributed by atoms with Gasteiger partial charge in [0, 0.05) is 19.9 Å². The van der Waals surface area contributed by atoms with Crippen LogP contribution in [0.5, 0.6) is 0 Å². The number of aliphatic hydroxyl groups excluding tert-OH is 1. The second-order valence-corrected chi connectivity index (χ2v) is 12.3. The van der Waals surface area contributed by atoms with Gasteiger partial charge in [-0.25, -0.2) is 4.98 Å². The number of aryl methyl sites for hydroxylation is 1. The van der Waals surface area contributed by atoms with Crippen molar-refractivity contribution in [2.24, 2.45) is 5.41 Å². The molecule has 1 saturated heterocycles. The molecule has 1 aromatic carbocycles. The van der Waals surface area contributed by atoms with E-state index in [0.717, 1.165) is 21.7 Å². The van der Waals surface area contributed by atoms with Gasteiger partial charge in [0.25, 0.3) is 0 Å². The molecule has 0 saturated carbocycles. The zero-order valence-electron chi connectivity index (χ0n) is 25.4. The van der Waals surface area contributed by atoms with Crippen molar-refractivity contribution >= 4 is 35.0 Å². The lowest BCUT2D eigenvalue weighted by atomic mass is 9.85. The molecule has 13 heteroatoms. The second-order valence-electron chi connectivity index (χ2n) is 11.4. The normalized spacial score (nSPS) is 17.4. The van der Waals surface area contributed by atoms with E-state index in [-0.39, 0.29) is 58.5 Å². The maximum atomic E-state index is 13.9. The molecule has 1 aliphatic rings. The largest absolute Gasteiger partial charge is 0.461 e. The molecule has 12 nitrogen and oxygen atoms in total. The van der Waals surface area contributed by atoms with Gasteiger partial charge in [0.1, 0.15) is 24.8 Å². The summed E-state index contributed by atoms with van der Waals surface area (Å²) in [6, 6.07) is 5.96. The van der Waals surface area contributed by atoms with Gasteiger partial charge in [0.2, 0.25) is 17.7 Å². The van der Waals surface area contributed by atoms with Crippen LogP contribution < -0.4 is 10.6 Å². The minimum atomic E-state index is -0.969. The average molecular weight is 619 g/mol. The van der Waals surface area contributed by atoms with Crippen molar-refractivity contribution in [3.8, 4) is 10.4 Å². The predicted octanol–water partition coefficient (Wildman–Crippen LogP) is 1.82. The molecule has 1 aromatic heterocycles. The molecule has 2 heterocycles. The van der Waals surface area contributed by atoms with Crippen LogP contribution in [0.1, 0.15) is 45.4 Å². The number of carbonyl (C=O) groups excluding carboxylic acids is 4. The zero-order valence-corrected chi connectivity index (χ0v) is 26.2. The Hall–Kier alpha value is -3.39. The van der Waals surface area contributed by atoms with Crippen LogP contribution >= 0.6 is 11.3 Å². The molecule has 0 aliphatic carbocycles. The van der Waals surface area contributed by atoms with E-state index >= 15 is 0 Å². The number of aliphatic hydroxyl groups is 1. The third kappa shape index (κ3) is 10.1. The van der Waals surface area contributed by atoms with Crippen LogP contribution in [0.4, 0.5) is 0 Å². The number of esters is 1. The first-order valence-electron chi connectivity index (χ1n) is 14.2. The van der Waals surface area contributed by atoms with E-state index in [1.54, 1.807) is 16.8 Å². The Morgan fingerprint density at radius 1 is 1.12 bits per heavy atom. The van der Waals surface area contributed by atoms with E-state index in [1.165, 1.54) is 11.8 Å². The van der Waals surface area contributed by atoms with Gasteiger partial charge in [-0.2, -0.15) is 0 Å². The van der Waals surface area contributed by atoms with E-state index < -0.39 is 41.4 Å². The summed E-state index contributed by atoms with van der Waals surface area (Å²) >= 11 is 1.57. The highest BCUT2D eigenvalue weighted by atomic mass is 32.1. The number of hydrogen-bond donors (Lipinski definition) is 3. The fraction of sp³-hybridized carbons (Fsp3) is 0.567. The molecule has 3 atom stereocenters. The number of aromatic nitrogens is 1. The highest BCUT2D eigenvalue weighted by Crippen LogP contribution is 2.29. The predicted molar refractivity (Wildman–Crippen MR) is 160 cm³/mol. The Morgan fingerprint density at radius 2 is 1.81 bits per heavy atom. The van der Waals surface area contributed by atoms with Crippen molar-refractivity contribution in [3.63, 3.8) is 0 Å². The Morgan fingerprint density at radius 3 is 2.42 bits per heavy atom. The maximum Gasteiger partial charge on any atom is 0.302 e. The number of hydrogen-bond acceptors (Lipinski definition) is 10. The number of likely N-dealkylation sites (tertiary alicyclic amines) is 1. The number of rotatable bonds is 14. The van der Waals surface area contributed by atoms with E-state index in [0.29, 0.717) is 0 Å². The van der Waals surface area contributed by atoms with Crippen LogP contribution in [0, 0.1) is 12.3 Å². The Balaban J connectivity index is 1.67. The molecule has 0 bridgehead atoms. The Labute approximate surface area is 256 Å². The standard InChI is InChI=1S/C30H42N4O8S/c1-19-26(43-18-32-19)22-8-6-21(7-9-22)15-31-28(38)24-14-23(42-20(2)36)16-34(24)29(39)27(30(3,4)5)33-25(37)17-41-13-12-40-11-10-35/h6-9,18,23-24,27,35H,10-17H2,1-5H3,(H,31,38)(H,33,37)/t23-,24+,27?/m1/s1. The molecular weight excluding hydrogens is 576 g/mol. The summed E-state index contributed by atoms with van der Waals surface area (Å²) in [4.78, 5) is 58.4. The molecule has 3 amide bonds. The van der Waals surface area contributed by atoms with Crippen LogP contribution in [0.15, 0.2) is 29.8 Å². The first kappa shape index (κ1) is 34.1. The van der Waals surface area contributed by atoms with Crippen molar-refractivity contribution in [1.29, 1.82) is 0 Å². The van der Waals surface area contributed by atoms with Crippen LogP contribution in [0.25, 0.3) is 10.4 Å². The SMILES string of the molecule is CC(=O)O[C@@H]1C[C@@H](C(=O)NCc2ccc(-c3scnc3C)cc2)N(C(=O)C(NC(=O)COCCOCCO)C(C)(C)C)C1. The quantitative estimate of drug-likeness (QED) is 0.212. The van der Waals surface area contributed by atoms with E-state index in [4.69, 9.17) is 19.3 Å². The lowest BCUT2D eigenvalue weighted by molar-refractivity contribution is -0.147. The molecule has 3 rings (SSSR count). The van der Waals surface area contributed by atoms with Gasteiger partial charge in [-0.05, 0) is 23.5 Å². The topological polar surface area (TPSA) is 156 Å².